The maximum atomic E-state index is 13.7. The summed E-state index contributed by atoms with van der Waals surface area (Å²) in [6.07, 6.45) is 0.938. The summed E-state index contributed by atoms with van der Waals surface area (Å²) < 4.78 is 44.6. The van der Waals surface area contributed by atoms with Crippen LogP contribution in [0.5, 0.6) is 5.75 Å². The van der Waals surface area contributed by atoms with Crippen LogP contribution in [0.15, 0.2) is 48.5 Å². The molecule has 2 rings (SSSR count). The molecular weight excluding hydrogens is 449 g/mol. The van der Waals surface area contributed by atoms with E-state index >= 15 is 0 Å². The largest absolute Gasteiger partial charge is 0.497 e. The first-order valence-electron chi connectivity index (χ1n) is 10.4. The zero-order chi connectivity index (χ0) is 24.8. The molecule has 0 aliphatic rings. The molecule has 0 bridgehead atoms. The van der Waals surface area contributed by atoms with E-state index in [0.717, 1.165) is 22.2 Å². The lowest BCUT2D eigenvalue weighted by Crippen LogP contribution is -2.52. The fraction of sp³-hybridized carbons (Fsp3) is 0.391. The smallest absolute Gasteiger partial charge is 0.244 e. The number of anilines is 1. The van der Waals surface area contributed by atoms with E-state index in [2.05, 4.69) is 5.32 Å². The van der Waals surface area contributed by atoms with Gasteiger partial charge < -0.3 is 15.0 Å². The number of benzene rings is 2. The molecule has 2 aromatic rings. The Labute approximate surface area is 194 Å². The molecule has 10 heteroatoms. The van der Waals surface area contributed by atoms with Gasteiger partial charge in [0.1, 0.15) is 24.2 Å². The molecule has 0 fully saturated rings. The fourth-order valence-corrected chi connectivity index (χ4v) is 4.00. The van der Waals surface area contributed by atoms with Crippen molar-refractivity contribution in [2.24, 2.45) is 0 Å². The normalized spacial score (nSPS) is 12.2. The number of nitrogens with zero attached hydrogens (tertiary/aromatic N) is 2. The molecule has 1 atom stereocenters. The summed E-state index contributed by atoms with van der Waals surface area (Å²) in [6.45, 7) is 4.66. The lowest BCUT2D eigenvalue weighted by molar-refractivity contribution is -0.139. The first-order valence-corrected chi connectivity index (χ1v) is 12.2. The predicted molar refractivity (Wildman–Crippen MR) is 125 cm³/mol. The minimum atomic E-state index is -3.91. The fourth-order valence-electron chi connectivity index (χ4n) is 3.16. The number of sulfonamides is 1. The Bertz CT molecular complexity index is 1070. The van der Waals surface area contributed by atoms with E-state index in [1.165, 1.54) is 30.2 Å². The van der Waals surface area contributed by atoms with Crippen molar-refractivity contribution < 1.29 is 27.1 Å². The van der Waals surface area contributed by atoms with Gasteiger partial charge in [-0.1, -0.05) is 18.2 Å². The maximum Gasteiger partial charge on any atom is 0.244 e. The van der Waals surface area contributed by atoms with Crippen LogP contribution in [0.4, 0.5) is 10.1 Å². The van der Waals surface area contributed by atoms with Crippen LogP contribution in [0.25, 0.3) is 0 Å². The van der Waals surface area contributed by atoms with E-state index < -0.39 is 34.3 Å². The van der Waals surface area contributed by atoms with Crippen LogP contribution in [0.2, 0.25) is 0 Å². The summed E-state index contributed by atoms with van der Waals surface area (Å²) >= 11 is 0. The maximum absolute atomic E-state index is 13.7. The van der Waals surface area contributed by atoms with Crippen molar-refractivity contribution in [2.45, 2.75) is 39.4 Å². The molecule has 1 N–H and O–H groups in total. The van der Waals surface area contributed by atoms with Crippen LogP contribution >= 0.6 is 0 Å². The molecule has 0 aromatic heterocycles. The highest BCUT2D eigenvalue weighted by molar-refractivity contribution is 7.92. The number of ether oxygens (including phenoxy) is 1. The monoisotopic (exact) mass is 479 g/mol. The number of nitrogens with one attached hydrogen (secondary N) is 1. The average molecular weight is 480 g/mol. The molecule has 0 spiro atoms. The summed E-state index contributed by atoms with van der Waals surface area (Å²) in [5.74, 6) is -0.972. The summed E-state index contributed by atoms with van der Waals surface area (Å²) in [5, 5.41) is 2.77. The van der Waals surface area contributed by atoms with Crippen molar-refractivity contribution in [1.82, 2.24) is 10.2 Å². The lowest BCUT2D eigenvalue weighted by Gasteiger charge is -2.32. The van der Waals surface area contributed by atoms with Gasteiger partial charge in [-0.2, -0.15) is 0 Å². The highest BCUT2D eigenvalue weighted by Crippen LogP contribution is 2.20. The number of carbonyl (C=O) groups excluding carboxylic acids is 2. The second kappa shape index (κ2) is 11.1. The highest BCUT2D eigenvalue weighted by Gasteiger charge is 2.30. The summed E-state index contributed by atoms with van der Waals surface area (Å²) in [5.41, 5.74) is 0.750. The topological polar surface area (TPSA) is 96.0 Å². The van der Waals surface area contributed by atoms with E-state index in [-0.39, 0.29) is 24.2 Å². The summed E-state index contributed by atoms with van der Waals surface area (Å²) in [6, 6.07) is 10.9. The SMILES string of the molecule is COc1ccc(CN(C(=O)CN(c2cccc(F)c2)S(C)(=O)=O)C(C)C(=O)NC(C)C)cc1. The quantitative estimate of drug-likeness (QED) is 0.565. The highest BCUT2D eigenvalue weighted by atomic mass is 32.2. The number of halogens is 1. The molecule has 0 aliphatic carbocycles. The van der Waals surface area contributed by atoms with Gasteiger partial charge in [0, 0.05) is 12.6 Å². The Morgan fingerprint density at radius 3 is 2.24 bits per heavy atom. The Morgan fingerprint density at radius 2 is 1.73 bits per heavy atom. The van der Waals surface area contributed by atoms with Gasteiger partial charge in [-0.15, -0.1) is 0 Å². The standard InChI is InChI=1S/C23H30FN3O5S/c1-16(2)25-23(29)17(3)26(14-18-9-11-21(32-4)12-10-18)22(28)15-27(33(5,30)31)20-8-6-7-19(24)13-20/h6-13,16-17H,14-15H2,1-5H3,(H,25,29). The van der Waals surface area contributed by atoms with Gasteiger partial charge in [-0.05, 0) is 56.7 Å². The second-order valence-electron chi connectivity index (χ2n) is 7.96. The van der Waals surface area contributed by atoms with Crippen LogP contribution in [0, 0.1) is 5.82 Å². The lowest BCUT2D eigenvalue weighted by atomic mass is 10.1. The third kappa shape index (κ3) is 7.45. The Morgan fingerprint density at radius 1 is 1.09 bits per heavy atom. The number of hydrogen-bond donors (Lipinski definition) is 1. The van der Waals surface area contributed by atoms with Gasteiger partial charge in [0.05, 0.1) is 19.1 Å². The predicted octanol–water partition coefficient (Wildman–Crippen LogP) is 2.54. The van der Waals surface area contributed by atoms with Crippen molar-refractivity contribution in [3.8, 4) is 5.75 Å². The van der Waals surface area contributed by atoms with Crippen LogP contribution in [0.1, 0.15) is 26.3 Å². The zero-order valence-corrected chi connectivity index (χ0v) is 20.2. The van der Waals surface area contributed by atoms with E-state index in [1.807, 2.05) is 0 Å². The second-order valence-corrected chi connectivity index (χ2v) is 9.87. The zero-order valence-electron chi connectivity index (χ0n) is 19.4. The van der Waals surface area contributed by atoms with Gasteiger partial charge in [0.2, 0.25) is 21.8 Å². The van der Waals surface area contributed by atoms with Crippen LogP contribution < -0.4 is 14.4 Å². The molecule has 1 unspecified atom stereocenters. The van der Waals surface area contributed by atoms with Crippen molar-refractivity contribution in [3.63, 3.8) is 0 Å². The van der Waals surface area contributed by atoms with Crippen molar-refractivity contribution >= 4 is 27.5 Å². The first kappa shape index (κ1) is 26.1. The van der Waals surface area contributed by atoms with E-state index in [1.54, 1.807) is 45.0 Å². The first-order chi connectivity index (χ1) is 15.4. The molecule has 0 heterocycles. The number of methoxy groups -OCH3 is 1. The number of carbonyl (C=O) groups is 2. The van der Waals surface area contributed by atoms with Crippen LogP contribution in [0.3, 0.4) is 0 Å². The third-order valence-electron chi connectivity index (χ3n) is 4.89. The Hall–Kier alpha value is -3.14. The van der Waals surface area contributed by atoms with E-state index in [4.69, 9.17) is 4.74 Å². The van der Waals surface area contributed by atoms with Gasteiger partial charge in [-0.25, -0.2) is 12.8 Å². The minimum absolute atomic E-state index is 0.0227. The summed E-state index contributed by atoms with van der Waals surface area (Å²) in [7, 11) is -2.37. The molecule has 2 amide bonds. The number of rotatable bonds is 10. The van der Waals surface area contributed by atoms with Gasteiger partial charge in [-0.3, -0.25) is 13.9 Å². The Kier molecular flexibility index (Phi) is 8.81. The van der Waals surface area contributed by atoms with Crippen molar-refractivity contribution in [3.05, 3.63) is 59.9 Å². The molecular formula is C23H30FN3O5S. The van der Waals surface area contributed by atoms with Crippen molar-refractivity contribution in [1.29, 1.82) is 0 Å². The van der Waals surface area contributed by atoms with Gasteiger partial charge in [0.15, 0.2) is 0 Å². The Balaban J connectivity index is 2.38. The summed E-state index contributed by atoms with van der Waals surface area (Å²) in [4.78, 5) is 27.3. The average Bonchev–Trinajstić information content (AvgIpc) is 2.74. The molecule has 8 nitrogen and oxygen atoms in total. The molecule has 2 aromatic carbocycles. The molecule has 0 radical (unpaired) electrons. The van der Waals surface area contributed by atoms with E-state index in [0.29, 0.717) is 5.75 Å². The minimum Gasteiger partial charge on any atom is -0.497 e. The van der Waals surface area contributed by atoms with Crippen LogP contribution in [-0.4, -0.2) is 57.1 Å². The molecule has 0 saturated carbocycles. The molecule has 0 aliphatic heterocycles. The van der Waals surface area contributed by atoms with E-state index in [9.17, 15) is 22.4 Å². The third-order valence-corrected chi connectivity index (χ3v) is 6.03. The number of hydrogen-bond acceptors (Lipinski definition) is 5. The molecule has 0 saturated heterocycles. The van der Waals surface area contributed by atoms with Gasteiger partial charge in [0.25, 0.3) is 0 Å². The number of amides is 2. The van der Waals surface area contributed by atoms with Crippen molar-refractivity contribution in [2.75, 3.05) is 24.2 Å². The van der Waals surface area contributed by atoms with Crippen LogP contribution in [-0.2, 0) is 26.2 Å². The molecule has 33 heavy (non-hydrogen) atoms. The van der Waals surface area contributed by atoms with Gasteiger partial charge >= 0.3 is 0 Å². The molecule has 180 valence electrons.